The van der Waals surface area contributed by atoms with E-state index in [2.05, 4.69) is 0 Å². The number of carbonyl (C=O) groups excluding carboxylic acids is 1. The SMILES string of the molecule is N#CC(C(=O)c1c(F)cccc1Cl)c1cccc(F)c1. The van der Waals surface area contributed by atoms with E-state index in [-0.39, 0.29) is 16.1 Å². The Labute approximate surface area is 119 Å². The summed E-state index contributed by atoms with van der Waals surface area (Å²) in [6.07, 6.45) is 0. The van der Waals surface area contributed by atoms with Crippen LogP contribution < -0.4 is 0 Å². The Morgan fingerprint density at radius 3 is 2.50 bits per heavy atom. The Morgan fingerprint density at radius 2 is 1.90 bits per heavy atom. The fourth-order valence-electron chi connectivity index (χ4n) is 1.85. The van der Waals surface area contributed by atoms with Crippen LogP contribution in [0.4, 0.5) is 8.78 Å². The van der Waals surface area contributed by atoms with Crippen LogP contribution in [0.2, 0.25) is 5.02 Å². The predicted molar refractivity (Wildman–Crippen MR) is 70.5 cm³/mol. The lowest BCUT2D eigenvalue weighted by Gasteiger charge is -2.10. The van der Waals surface area contributed by atoms with E-state index in [1.807, 2.05) is 0 Å². The number of nitrogens with zero attached hydrogens (tertiary/aromatic N) is 1. The largest absolute Gasteiger partial charge is 0.292 e. The molecule has 20 heavy (non-hydrogen) atoms. The number of rotatable bonds is 3. The van der Waals surface area contributed by atoms with Gasteiger partial charge in [-0.2, -0.15) is 5.26 Å². The van der Waals surface area contributed by atoms with Gasteiger partial charge in [-0.05, 0) is 29.8 Å². The fraction of sp³-hybridized carbons (Fsp3) is 0.0667. The molecular weight excluding hydrogens is 284 g/mol. The molecule has 1 atom stereocenters. The van der Waals surface area contributed by atoms with E-state index in [9.17, 15) is 13.6 Å². The van der Waals surface area contributed by atoms with E-state index in [1.54, 1.807) is 6.07 Å². The van der Waals surface area contributed by atoms with Crippen molar-refractivity contribution in [3.05, 3.63) is 70.2 Å². The number of Topliss-reactive ketones (excluding diaryl/α,β-unsaturated/α-hetero) is 1. The lowest BCUT2D eigenvalue weighted by Crippen LogP contribution is -2.13. The highest BCUT2D eigenvalue weighted by Gasteiger charge is 2.26. The zero-order valence-corrected chi connectivity index (χ0v) is 10.9. The number of hydrogen-bond acceptors (Lipinski definition) is 2. The minimum absolute atomic E-state index is 0.0772. The second-order valence-corrected chi connectivity index (χ2v) is 4.49. The van der Waals surface area contributed by atoms with E-state index in [4.69, 9.17) is 16.9 Å². The van der Waals surface area contributed by atoms with Gasteiger partial charge in [-0.15, -0.1) is 0 Å². The van der Waals surface area contributed by atoms with Crippen LogP contribution in [-0.4, -0.2) is 5.78 Å². The molecule has 0 aromatic heterocycles. The molecular formula is C15H8ClF2NO. The zero-order valence-electron chi connectivity index (χ0n) is 10.1. The van der Waals surface area contributed by atoms with Gasteiger partial charge in [-0.25, -0.2) is 8.78 Å². The molecule has 2 aromatic rings. The molecule has 0 aliphatic rings. The third kappa shape index (κ3) is 2.68. The summed E-state index contributed by atoms with van der Waals surface area (Å²) in [5.74, 6) is -3.48. The second-order valence-electron chi connectivity index (χ2n) is 4.08. The van der Waals surface area contributed by atoms with Gasteiger partial charge in [0.2, 0.25) is 0 Å². The normalized spacial score (nSPS) is 11.7. The number of benzene rings is 2. The topological polar surface area (TPSA) is 40.9 Å². The smallest absolute Gasteiger partial charge is 0.188 e. The van der Waals surface area contributed by atoms with Crippen molar-refractivity contribution < 1.29 is 13.6 Å². The summed E-state index contributed by atoms with van der Waals surface area (Å²) in [6, 6.07) is 10.6. The number of nitriles is 1. The maximum Gasteiger partial charge on any atom is 0.188 e. The highest BCUT2D eigenvalue weighted by Crippen LogP contribution is 2.27. The molecule has 100 valence electrons. The summed E-state index contributed by atoms with van der Waals surface area (Å²) < 4.78 is 26.9. The summed E-state index contributed by atoms with van der Waals surface area (Å²) in [6.45, 7) is 0. The van der Waals surface area contributed by atoms with Gasteiger partial charge in [0.15, 0.2) is 5.78 Å². The van der Waals surface area contributed by atoms with Gasteiger partial charge in [0.05, 0.1) is 16.7 Å². The van der Waals surface area contributed by atoms with Gasteiger partial charge in [0.1, 0.15) is 17.6 Å². The van der Waals surface area contributed by atoms with E-state index in [0.29, 0.717) is 0 Å². The first kappa shape index (κ1) is 14.2. The molecule has 1 unspecified atom stereocenters. The molecule has 2 nitrogen and oxygen atoms in total. The molecule has 0 saturated carbocycles. The van der Waals surface area contributed by atoms with Crippen LogP contribution in [0, 0.1) is 23.0 Å². The number of hydrogen-bond donors (Lipinski definition) is 0. The quantitative estimate of drug-likeness (QED) is 0.799. The first-order chi connectivity index (χ1) is 9.54. The summed E-state index contributed by atoms with van der Waals surface area (Å²) in [4.78, 5) is 12.3. The van der Waals surface area contributed by atoms with Crippen LogP contribution in [-0.2, 0) is 0 Å². The molecule has 5 heteroatoms. The van der Waals surface area contributed by atoms with Crippen LogP contribution in [0.1, 0.15) is 21.8 Å². The standard InChI is InChI=1S/C15H8ClF2NO/c16-12-5-2-6-13(18)14(12)15(20)11(8-19)9-3-1-4-10(17)7-9/h1-7,11H. The fourth-order valence-corrected chi connectivity index (χ4v) is 2.10. The Bertz CT molecular complexity index is 689. The van der Waals surface area contributed by atoms with Gasteiger partial charge in [0.25, 0.3) is 0 Å². The van der Waals surface area contributed by atoms with Gasteiger partial charge in [-0.1, -0.05) is 29.8 Å². The summed E-state index contributed by atoms with van der Waals surface area (Å²) in [5, 5.41) is 9.05. The van der Waals surface area contributed by atoms with Gasteiger partial charge >= 0.3 is 0 Å². The molecule has 0 fully saturated rings. The Kier molecular flexibility index (Phi) is 4.11. The van der Waals surface area contributed by atoms with Crippen molar-refractivity contribution in [3.8, 4) is 6.07 Å². The van der Waals surface area contributed by atoms with Crippen LogP contribution in [0.15, 0.2) is 42.5 Å². The molecule has 0 heterocycles. The highest BCUT2D eigenvalue weighted by atomic mass is 35.5. The lowest BCUT2D eigenvalue weighted by molar-refractivity contribution is 0.0975. The second kappa shape index (κ2) is 5.81. The van der Waals surface area contributed by atoms with E-state index < -0.39 is 23.3 Å². The van der Waals surface area contributed by atoms with Gasteiger partial charge < -0.3 is 0 Å². The van der Waals surface area contributed by atoms with Crippen molar-refractivity contribution in [1.82, 2.24) is 0 Å². The molecule has 0 N–H and O–H groups in total. The van der Waals surface area contributed by atoms with Crippen LogP contribution in [0.25, 0.3) is 0 Å². The molecule has 0 radical (unpaired) electrons. The van der Waals surface area contributed by atoms with Crippen molar-refractivity contribution in [3.63, 3.8) is 0 Å². The molecule has 0 spiro atoms. The van der Waals surface area contributed by atoms with Gasteiger partial charge in [-0.3, -0.25) is 4.79 Å². The van der Waals surface area contributed by atoms with E-state index in [0.717, 1.165) is 12.1 Å². The van der Waals surface area contributed by atoms with Crippen LogP contribution in [0.5, 0.6) is 0 Å². The monoisotopic (exact) mass is 291 g/mol. The van der Waals surface area contributed by atoms with Crippen molar-refractivity contribution >= 4 is 17.4 Å². The molecule has 0 amide bonds. The first-order valence-corrected chi connectivity index (χ1v) is 6.05. The Hall–Kier alpha value is -2.25. The predicted octanol–water partition coefficient (Wildman–Crippen LogP) is 4.11. The van der Waals surface area contributed by atoms with Crippen molar-refractivity contribution in [1.29, 1.82) is 5.26 Å². The van der Waals surface area contributed by atoms with E-state index in [1.165, 1.54) is 30.3 Å². The number of ketones is 1. The highest BCUT2D eigenvalue weighted by molar-refractivity contribution is 6.34. The molecule has 0 bridgehead atoms. The van der Waals surface area contributed by atoms with Crippen molar-refractivity contribution in [2.24, 2.45) is 0 Å². The van der Waals surface area contributed by atoms with E-state index >= 15 is 0 Å². The van der Waals surface area contributed by atoms with Crippen molar-refractivity contribution in [2.45, 2.75) is 5.92 Å². The summed E-state index contributed by atoms with van der Waals surface area (Å²) >= 11 is 5.80. The summed E-state index contributed by atoms with van der Waals surface area (Å²) in [5.41, 5.74) is -0.193. The molecule has 0 saturated heterocycles. The van der Waals surface area contributed by atoms with Crippen LogP contribution in [0.3, 0.4) is 0 Å². The Balaban J connectivity index is 2.48. The summed E-state index contributed by atoms with van der Waals surface area (Å²) in [7, 11) is 0. The maximum absolute atomic E-state index is 13.7. The zero-order chi connectivity index (χ0) is 14.7. The third-order valence-corrected chi connectivity index (χ3v) is 3.10. The minimum Gasteiger partial charge on any atom is -0.292 e. The van der Waals surface area contributed by atoms with Gasteiger partial charge in [0, 0.05) is 0 Å². The molecule has 0 aliphatic carbocycles. The number of halogens is 3. The first-order valence-electron chi connectivity index (χ1n) is 5.68. The molecule has 2 aromatic carbocycles. The molecule has 2 rings (SSSR count). The lowest BCUT2D eigenvalue weighted by atomic mass is 9.91. The average molecular weight is 292 g/mol. The maximum atomic E-state index is 13.7. The average Bonchev–Trinajstić information content (AvgIpc) is 2.39. The Morgan fingerprint density at radius 1 is 1.20 bits per heavy atom. The number of carbonyl (C=O) groups is 1. The third-order valence-electron chi connectivity index (χ3n) is 2.78. The minimum atomic E-state index is -1.31. The van der Waals surface area contributed by atoms with Crippen LogP contribution >= 0.6 is 11.6 Å². The molecule has 0 aliphatic heterocycles. The van der Waals surface area contributed by atoms with Crippen molar-refractivity contribution in [2.75, 3.05) is 0 Å².